The predicted molar refractivity (Wildman–Crippen MR) is 79.1 cm³/mol. The Labute approximate surface area is 124 Å². The van der Waals surface area contributed by atoms with Gasteiger partial charge in [0.2, 0.25) is 0 Å². The summed E-state index contributed by atoms with van der Waals surface area (Å²) in [7, 11) is -2.92. The number of nitrogens with zero attached hydrogens (tertiary/aromatic N) is 1. The third-order valence-electron chi connectivity index (χ3n) is 3.24. The lowest BCUT2D eigenvalue weighted by molar-refractivity contribution is 0.0933. The molecule has 0 radical (unpaired) electrons. The summed E-state index contributed by atoms with van der Waals surface area (Å²) in [6.45, 7) is 3.80. The van der Waals surface area contributed by atoms with Crippen LogP contribution in [0.3, 0.4) is 0 Å². The molecule has 1 aliphatic rings. The van der Waals surface area contributed by atoms with Crippen molar-refractivity contribution in [2.45, 2.75) is 38.8 Å². The number of hydrogen-bond donors (Lipinski definition) is 1. The summed E-state index contributed by atoms with van der Waals surface area (Å²) >= 11 is 0. The molecule has 1 aromatic rings. The van der Waals surface area contributed by atoms with Gasteiger partial charge in [0, 0.05) is 12.2 Å². The number of amides is 1. The van der Waals surface area contributed by atoms with Crippen molar-refractivity contribution in [2.75, 3.05) is 11.5 Å². The summed E-state index contributed by atoms with van der Waals surface area (Å²) in [5.41, 5.74) is 0.418. The van der Waals surface area contributed by atoms with E-state index in [1.54, 1.807) is 12.3 Å². The Morgan fingerprint density at radius 3 is 2.62 bits per heavy atom. The molecule has 0 bridgehead atoms. The molecule has 1 fully saturated rings. The summed E-state index contributed by atoms with van der Waals surface area (Å²) in [5, 5.41) is 2.85. The van der Waals surface area contributed by atoms with Crippen molar-refractivity contribution in [1.29, 1.82) is 0 Å². The molecule has 1 aliphatic heterocycles. The van der Waals surface area contributed by atoms with Gasteiger partial charge in [-0.2, -0.15) is 0 Å². The van der Waals surface area contributed by atoms with Gasteiger partial charge in [0.25, 0.3) is 5.91 Å². The minimum Gasteiger partial charge on any atom is -0.489 e. The first-order chi connectivity index (χ1) is 9.85. The quantitative estimate of drug-likeness (QED) is 0.902. The molecule has 7 heteroatoms. The molecule has 1 aromatic heterocycles. The van der Waals surface area contributed by atoms with Crippen molar-refractivity contribution in [1.82, 2.24) is 10.3 Å². The van der Waals surface area contributed by atoms with Gasteiger partial charge in [0.05, 0.1) is 29.4 Å². The number of hydrogen-bond acceptors (Lipinski definition) is 5. The van der Waals surface area contributed by atoms with E-state index in [0.29, 0.717) is 24.2 Å². The monoisotopic (exact) mass is 312 g/mol. The fourth-order valence-corrected chi connectivity index (χ4v) is 3.67. The van der Waals surface area contributed by atoms with Crippen LogP contribution in [-0.4, -0.2) is 43.0 Å². The van der Waals surface area contributed by atoms with Gasteiger partial charge < -0.3 is 10.1 Å². The molecule has 1 saturated heterocycles. The molecule has 6 nitrogen and oxygen atoms in total. The van der Waals surface area contributed by atoms with Gasteiger partial charge >= 0.3 is 0 Å². The van der Waals surface area contributed by atoms with Crippen LogP contribution >= 0.6 is 0 Å². The average Bonchev–Trinajstić information content (AvgIpc) is 2.41. The fourth-order valence-electron chi connectivity index (χ4n) is 2.18. The number of carbonyl (C=O) groups is 1. The normalized spacial score (nSPS) is 18.4. The lowest BCUT2D eigenvalue weighted by Gasteiger charge is -2.23. The van der Waals surface area contributed by atoms with Crippen molar-refractivity contribution in [3.05, 3.63) is 24.0 Å². The van der Waals surface area contributed by atoms with E-state index in [2.05, 4.69) is 10.3 Å². The van der Waals surface area contributed by atoms with Crippen LogP contribution in [0.4, 0.5) is 0 Å². The fraction of sp³-hybridized carbons (Fsp3) is 0.571. The minimum atomic E-state index is -2.92. The molecule has 2 rings (SSSR count). The maximum Gasteiger partial charge on any atom is 0.253 e. The van der Waals surface area contributed by atoms with Gasteiger partial charge in [-0.1, -0.05) is 0 Å². The van der Waals surface area contributed by atoms with Gasteiger partial charge in [-0.25, -0.2) is 8.42 Å². The lowest BCUT2D eigenvalue weighted by Crippen LogP contribution is -2.40. The lowest BCUT2D eigenvalue weighted by atomic mass is 10.1. The molecule has 0 atom stereocenters. The number of carbonyl (C=O) groups excluding carboxylic acids is 1. The van der Waals surface area contributed by atoms with E-state index >= 15 is 0 Å². The second kappa shape index (κ2) is 6.43. The number of nitrogens with one attached hydrogen (secondary N) is 1. The highest BCUT2D eigenvalue weighted by Crippen LogP contribution is 2.15. The van der Waals surface area contributed by atoms with Crippen LogP contribution in [0.2, 0.25) is 0 Å². The molecule has 0 aromatic carbocycles. The Morgan fingerprint density at radius 1 is 1.33 bits per heavy atom. The Balaban J connectivity index is 1.97. The van der Waals surface area contributed by atoms with Crippen LogP contribution in [0.25, 0.3) is 0 Å². The van der Waals surface area contributed by atoms with Crippen molar-refractivity contribution in [3.63, 3.8) is 0 Å². The van der Waals surface area contributed by atoms with Crippen molar-refractivity contribution in [2.24, 2.45) is 0 Å². The van der Waals surface area contributed by atoms with E-state index in [-0.39, 0.29) is 29.6 Å². The van der Waals surface area contributed by atoms with Crippen LogP contribution in [0.1, 0.15) is 37.0 Å². The first-order valence-corrected chi connectivity index (χ1v) is 8.81. The first kappa shape index (κ1) is 15.8. The minimum absolute atomic E-state index is 0.00802. The van der Waals surface area contributed by atoms with Crippen LogP contribution in [0.15, 0.2) is 18.5 Å². The SMILES string of the molecule is CC(C)Oc1cncc(C(=O)NC2CCS(=O)(=O)CC2)c1. The van der Waals surface area contributed by atoms with E-state index in [9.17, 15) is 13.2 Å². The van der Waals surface area contributed by atoms with E-state index in [1.165, 1.54) is 6.20 Å². The smallest absolute Gasteiger partial charge is 0.253 e. The molecule has 0 aliphatic carbocycles. The number of rotatable bonds is 4. The van der Waals surface area contributed by atoms with E-state index in [0.717, 1.165) is 0 Å². The summed E-state index contributed by atoms with van der Waals surface area (Å²) in [6, 6.07) is 1.54. The van der Waals surface area contributed by atoms with E-state index < -0.39 is 9.84 Å². The van der Waals surface area contributed by atoms with Gasteiger partial charge in [0.1, 0.15) is 15.6 Å². The molecule has 0 spiro atoms. The molecule has 0 saturated carbocycles. The zero-order chi connectivity index (χ0) is 15.5. The predicted octanol–water partition coefficient (Wildman–Crippen LogP) is 1.18. The van der Waals surface area contributed by atoms with Crippen LogP contribution in [0.5, 0.6) is 5.75 Å². The van der Waals surface area contributed by atoms with Crippen molar-refractivity contribution >= 4 is 15.7 Å². The summed E-state index contributed by atoms with van der Waals surface area (Å²) in [6.07, 6.45) is 3.97. The van der Waals surface area contributed by atoms with E-state index in [1.807, 2.05) is 13.8 Å². The van der Waals surface area contributed by atoms with Gasteiger partial charge in [-0.15, -0.1) is 0 Å². The summed E-state index contributed by atoms with van der Waals surface area (Å²) in [5.74, 6) is 0.559. The molecule has 1 N–H and O–H groups in total. The van der Waals surface area contributed by atoms with Crippen LogP contribution < -0.4 is 10.1 Å². The molecule has 0 unspecified atom stereocenters. The zero-order valence-electron chi connectivity index (χ0n) is 12.2. The Morgan fingerprint density at radius 2 is 2.00 bits per heavy atom. The Bertz CT molecular complexity index is 599. The topological polar surface area (TPSA) is 85.4 Å². The second-order valence-electron chi connectivity index (χ2n) is 5.48. The second-order valence-corrected chi connectivity index (χ2v) is 7.78. The third-order valence-corrected chi connectivity index (χ3v) is 4.95. The third kappa shape index (κ3) is 4.70. The number of pyridine rings is 1. The molecule has 2 heterocycles. The molecule has 1 amide bonds. The van der Waals surface area contributed by atoms with Crippen LogP contribution in [0, 0.1) is 0 Å². The molecular weight excluding hydrogens is 292 g/mol. The highest BCUT2D eigenvalue weighted by molar-refractivity contribution is 7.91. The Kier molecular flexibility index (Phi) is 4.82. The first-order valence-electron chi connectivity index (χ1n) is 6.99. The van der Waals surface area contributed by atoms with E-state index in [4.69, 9.17) is 4.74 Å². The highest BCUT2D eigenvalue weighted by Gasteiger charge is 2.25. The standard InChI is InChI=1S/C14H20N2O4S/c1-10(2)20-13-7-11(8-15-9-13)14(17)16-12-3-5-21(18,19)6-4-12/h7-10,12H,3-6H2,1-2H3,(H,16,17). The number of aromatic nitrogens is 1. The number of sulfone groups is 1. The average molecular weight is 312 g/mol. The maximum absolute atomic E-state index is 12.2. The largest absolute Gasteiger partial charge is 0.489 e. The highest BCUT2D eigenvalue weighted by atomic mass is 32.2. The van der Waals surface area contributed by atoms with Crippen molar-refractivity contribution in [3.8, 4) is 5.75 Å². The molecule has 116 valence electrons. The number of ether oxygens (including phenoxy) is 1. The molecular formula is C14H20N2O4S. The van der Waals surface area contributed by atoms with Crippen molar-refractivity contribution < 1.29 is 17.9 Å². The van der Waals surface area contributed by atoms with Gasteiger partial charge in [-0.05, 0) is 32.8 Å². The summed E-state index contributed by atoms with van der Waals surface area (Å²) < 4.78 is 28.2. The Hall–Kier alpha value is -1.63. The summed E-state index contributed by atoms with van der Waals surface area (Å²) in [4.78, 5) is 16.1. The van der Waals surface area contributed by atoms with Crippen LogP contribution in [-0.2, 0) is 9.84 Å². The van der Waals surface area contributed by atoms with Gasteiger partial charge in [0.15, 0.2) is 0 Å². The zero-order valence-corrected chi connectivity index (χ0v) is 13.0. The molecule has 21 heavy (non-hydrogen) atoms. The maximum atomic E-state index is 12.2. The van der Waals surface area contributed by atoms with Gasteiger partial charge in [-0.3, -0.25) is 9.78 Å².